The maximum atomic E-state index is 11.6. The Morgan fingerprint density at radius 2 is 2.27 bits per heavy atom. The zero-order chi connectivity index (χ0) is 10.7. The predicted octanol–water partition coefficient (Wildman–Crippen LogP) is 0.919. The lowest BCUT2D eigenvalue weighted by Gasteiger charge is -2.04. The van der Waals surface area contributed by atoms with Crippen LogP contribution in [0.15, 0.2) is 41.7 Å². The fourth-order valence-corrected chi connectivity index (χ4v) is 1.19. The van der Waals surface area contributed by atoms with Gasteiger partial charge >= 0.3 is 0 Å². The third kappa shape index (κ3) is 2.01. The van der Waals surface area contributed by atoms with E-state index in [0.29, 0.717) is 11.5 Å². The lowest BCUT2D eigenvalue weighted by Crippen LogP contribution is -2.18. The van der Waals surface area contributed by atoms with Gasteiger partial charge in [-0.05, 0) is 12.1 Å². The Balaban J connectivity index is 2.33. The molecule has 0 saturated heterocycles. The van der Waals surface area contributed by atoms with Crippen LogP contribution in [0.25, 0.3) is 0 Å². The van der Waals surface area contributed by atoms with E-state index in [1.807, 2.05) is 0 Å². The smallest absolute Gasteiger partial charge is 0.274 e. The van der Waals surface area contributed by atoms with Gasteiger partial charge < -0.3 is 9.88 Å². The molecule has 15 heavy (non-hydrogen) atoms. The summed E-state index contributed by atoms with van der Waals surface area (Å²) in [4.78, 5) is 19.5. The minimum atomic E-state index is -0.0943. The first-order valence-electron chi connectivity index (χ1n) is 4.46. The third-order valence-corrected chi connectivity index (χ3v) is 1.95. The van der Waals surface area contributed by atoms with E-state index in [-0.39, 0.29) is 5.56 Å². The molecule has 0 fully saturated rings. The van der Waals surface area contributed by atoms with Gasteiger partial charge in [0, 0.05) is 25.6 Å². The van der Waals surface area contributed by atoms with Crippen molar-refractivity contribution in [2.75, 3.05) is 5.32 Å². The van der Waals surface area contributed by atoms with Gasteiger partial charge in [0.2, 0.25) is 0 Å². The highest BCUT2D eigenvalue weighted by molar-refractivity contribution is 5.53. The number of hydrogen-bond donors (Lipinski definition) is 1. The van der Waals surface area contributed by atoms with Gasteiger partial charge in [0.1, 0.15) is 11.5 Å². The van der Waals surface area contributed by atoms with Gasteiger partial charge in [-0.3, -0.25) is 9.78 Å². The topological polar surface area (TPSA) is 59.8 Å². The van der Waals surface area contributed by atoms with Crippen LogP contribution in [0.5, 0.6) is 0 Å². The number of nitrogens with zero attached hydrogens (tertiary/aromatic N) is 3. The van der Waals surface area contributed by atoms with E-state index in [9.17, 15) is 4.79 Å². The van der Waals surface area contributed by atoms with Crippen molar-refractivity contribution in [3.05, 3.63) is 47.3 Å². The second-order valence-corrected chi connectivity index (χ2v) is 3.05. The molecule has 0 radical (unpaired) electrons. The van der Waals surface area contributed by atoms with Crippen molar-refractivity contribution >= 4 is 11.5 Å². The maximum Gasteiger partial charge on any atom is 0.274 e. The van der Waals surface area contributed by atoms with E-state index < -0.39 is 0 Å². The van der Waals surface area contributed by atoms with Crippen molar-refractivity contribution in [2.24, 2.45) is 7.05 Å². The monoisotopic (exact) mass is 202 g/mol. The van der Waals surface area contributed by atoms with Gasteiger partial charge in [0.15, 0.2) is 0 Å². The quantitative estimate of drug-likeness (QED) is 0.786. The molecule has 2 aromatic rings. The molecule has 0 atom stereocenters. The summed E-state index contributed by atoms with van der Waals surface area (Å²) in [6, 6.07) is 3.50. The van der Waals surface area contributed by atoms with Crippen LogP contribution in [0.4, 0.5) is 11.5 Å². The second-order valence-electron chi connectivity index (χ2n) is 3.05. The zero-order valence-corrected chi connectivity index (χ0v) is 8.21. The van der Waals surface area contributed by atoms with Gasteiger partial charge in [-0.25, -0.2) is 4.98 Å². The summed E-state index contributed by atoms with van der Waals surface area (Å²) in [5.41, 5.74) is 0.392. The van der Waals surface area contributed by atoms with Crippen molar-refractivity contribution in [1.29, 1.82) is 0 Å². The van der Waals surface area contributed by atoms with Crippen molar-refractivity contribution in [2.45, 2.75) is 0 Å². The van der Waals surface area contributed by atoms with E-state index in [1.165, 1.54) is 4.57 Å². The van der Waals surface area contributed by atoms with Crippen molar-refractivity contribution in [3.63, 3.8) is 0 Å². The molecule has 5 nitrogen and oxygen atoms in total. The SMILES string of the molecule is Cn1cccc(Nc2cnccn2)c1=O. The summed E-state index contributed by atoms with van der Waals surface area (Å²) in [6.07, 6.45) is 6.40. The number of anilines is 2. The lowest BCUT2D eigenvalue weighted by molar-refractivity contribution is 0.863. The molecule has 0 aliphatic heterocycles. The fourth-order valence-electron chi connectivity index (χ4n) is 1.19. The Kier molecular flexibility index (Phi) is 2.45. The lowest BCUT2D eigenvalue weighted by atomic mass is 10.4. The zero-order valence-electron chi connectivity index (χ0n) is 8.21. The van der Waals surface area contributed by atoms with Crippen molar-refractivity contribution in [3.8, 4) is 0 Å². The molecule has 5 heteroatoms. The Bertz CT molecular complexity index is 506. The first-order valence-corrected chi connectivity index (χ1v) is 4.46. The van der Waals surface area contributed by atoms with E-state index in [1.54, 1.807) is 44.0 Å². The highest BCUT2D eigenvalue weighted by Crippen LogP contribution is 2.06. The normalized spacial score (nSPS) is 9.93. The molecule has 0 spiro atoms. The highest BCUT2D eigenvalue weighted by atomic mass is 16.1. The largest absolute Gasteiger partial charge is 0.334 e. The first kappa shape index (κ1) is 9.39. The molecule has 0 saturated carbocycles. The van der Waals surface area contributed by atoms with E-state index in [0.717, 1.165) is 0 Å². The second kappa shape index (κ2) is 3.91. The average Bonchev–Trinajstić information content (AvgIpc) is 2.26. The summed E-state index contributed by atoms with van der Waals surface area (Å²) in [5.74, 6) is 0.556. The summed E-state index contributed by atoms with van der Waals surface area (Å²) in [7, 11) is 1.70. The van der Waals surface area contributed by atoms with Gasteiger partial charge in [-0.2, -0.15) is 0 Å². The molecular formula is C10H10N4O. The summed E-state index contributed by atoms with van der Waals surface area (Å²) in [6.45, 7) is 0. The van der Waals surface area contributed by atoms with Crippen LogP contribution in [0.1, 0.15) is 0 Å². The minimum Gasteiger partial charge on any atom is -0.334 e. The first-order chi connectivity index (χ1) is 7.27. The number of aryl methyl sites for hydroxylation is 1. The predicted molar refractivity (Wildman–Crippen MR) is 57.0 cm³/mol. The summed E-state index contributed by atoms with van der Waals surface area (Å²) < 4.78 is 1.50. The molecule has 0 amide bonds. The van der Waals surface area contributed by atoms with Gasteiger partial charge in [0.25, 0.3) is 5.56 Å². The molecule has 0 aliphatic rings. The van der Waals surface area contributed by atoms with Crippen LogP contribution in [-0.2, 0) is 7.05 Å². The van der Waals surface area contributed by atoms with E-state index in [4.69, 9.17) is 0 Å². The van der Waals surface area contributed by atoms with Gasteiger partial charge in [-0.1, -0.05) is 0 Å². The molecule has 76 valence electrons. The number of nitrogens with one attached hydrogen (secondary N) is 1. The van der Waals surface area contributed by atoms with Crippen molar-refractivity contribution in [1.82, 2.24) is 14.5 Å². The average molecular weight is 202 g/mol. The Morgan fingerprint density at radius 1 is 1.40 bits per heavy atom. The van der Waals surface area contributed by atoms with Crippen LogP contribution >= 0.6 is 0 Å². The van der Waals surface area contributed by atoms with E-state index >= 15 is 0 Å². The van der Waals surface area contributed by atoms with Gasteiger partial charge in [0.05, 0.1) is 6.20 Å². The standard InChI is InChI=1S/C10H10N4O/c1-14-6-2-3-8(10(14)15)13-9-7-11-4-5-12-9/h2-7H,1H3,(H,12,13). The summed E-state index contributed by atoms with van der Waals surface area (Å²) >= 11 is 0. The molecule has 2 aromatic heterocycles. The molecule has 0 bridgehead atoms. The molecule has 2 heterocycles. The van der Waals surface area contributed by atoms with Crippen LogP contribution in [0.3, 0.4) is 0 Å². The van der Waals surface area contributed by atoms with E-state index in [2.05, 4.69) is 15.3 Å². The molecule has 1 N–H and O–H groups in total. The van der Waals surface area contributed by atoms with Crippen LogP contribution in [0, 0.1) is 0 Å². The van der Waals surface area contributed by atoms with Crippen LogP contribution < -0.4 is 10.9 Å². The Morgan fingerprint density at radius 3 is 3.00 bits per heavy atom. The third-order valence-electron chi connectivity index (χ3n) is 1.95. The Labute approximate surface area is 86.4 Å². The summed E-state index contributed by atoms with van der Waals surface area (Å²) in [5, 5.41) is 2.91. The molecule has 0 unspecified atom stereocenters. The van der Waals surface area contributed by atoms with Crippen LogP contribution in [0.2, 0.25) is 0 Å². The molecule has 2 rings (SSSR count). The highest BCUT2D eigenvalue weighted by Gasteiger charge is 2.00. The molecule has 0 aromatic carbocycles. The molecular weight excluding hydrogens is 192 g/mol. The molecule has 0 aliphatic carbocycles. The number of rotatable bonds is 2. The minimum absolute atomic E-state index is 0.0943. The van der Waals surface area contributed by atoms with Crippen LogP contribution in [-0.4, -0.2) is 14.5 Å². The fraction of sp³-hybridized carbons (Fsp3) is 0.100. The van der Waals surface area contributed by atoms with Crippen molar-refractivity contribution < 1.29 is 0 Å². The van der Waals surface area contributed by atoms with Gasteiger partial charge in [-0.15, -0.1) is 0 Å². The Hall–Kier alpha value is -2.17. The maximum absolute atomic E-state index is 11.6. The number of pyridine rings is 1. The number of aromatic nitrogens is 3. The number of hydrogen-bond acceptors (Lipinski definition) is 4.